The van der Waals surface area contributed by atoms with Crippen molar-refractivity contribution in [3.63, 3.8) is 0 Å². The molecular weight excluding hydrogens is 713 g/mol. The Morgan fingerprint density at radius 1 is 0.431 bits per heavy atom. The first-order valence-electron chi connectivity index (χ1n) is 25.7. The van der Waals surface area contributed by atoms with Crippen LogP contribution in [0.2, 0.25) is 0 Å². The lowest BCUT2D eigenvalue weighted by molar-refractivity contribution is -0.154. The summed E-state index contributed by atoms with van der Waals surface area (Å²) >= 11 is 0. The number of aliphatic hydroxyl groups excluding tert-OH is 1. The van der Waals surface area contributed by atoms with Gasteiger partial charge in [-0.1, -0.05) is 255 Å². The first-order valence-corrected chi connectivity index (χ1v) is 25.7. The molecule has 0 saturated carbocycles. The number of unbranched alkanes of at least 4 members (excludes halogenated alkanes) is 32. The van der Waals surface area contributed by atoms with Gasteiger partial charge in [0.25, 0.3) is 0 Å². The van der Waals surface area contributed by atoms with E-state index in [1.165, 1.54) is 199 Å². The van der Waals surface area contributed by atoms with E-state index in [2.05, 4.69) is 62.5 Å². The Balaban J connectivity index is 3.39. The molecule has 0 heterocycles. The Morgan fingerprint density at radius 3 is 1.17 bits per heavy atom. The molecule has 0 rings (SSSR count). The molecule has 0 aliphatic heterocycles. The second kappa shape index (κ2) is 51.5. The molecule has 1 unspecified atom stereocenters. The molecule has 0 spiro atoms. The average Bonchev–Trinajstić information content (AvgIpc) is 3.23. The van der Waals surface area contributed by atoms with Gasteiger partial charge in [-0.2, -0.15) is 0 Å². The van der Waals surface area contributed by atoms with Crippen molar-refractivity contribution < 1.29 is 19.4 Å². The number of hydrogen-bond acceptors (Lipinski definition) is 4. The van der Waals surface area contributed by atoms with Crippen LogP contribution in [0, 0.1) is 0 Å². The van der Waals surface area contributed by atoms with Gasteiger partial charge in [0.05, 0.1) is 13.2 Å². The summed E-state index contributed by atoms with van der Waals surface area (Å²) in [5.74, 6) is -0.201. The van der Waals surface area contributed by atoms with Crippen LogP contribution in [0.5, 0.6) is 0 Å². The topological polar surface area (TPSA) is 55.8 Å². The zero-order valence-electron chi connectivity index (χ0n) is 39.1. The van der Waals surface area contributed by atoms with Crippen LogP contribution < -0.4 is 0 Å². The Bertz CT molecular complexity index is 905. The summed E-state index contributed by atoms with van der Waals surface area (Å²) in [6, 6.07) is 0. The molecule has 0 amide bonds. The van der Waals surface area contributed by atoms with E-state index in [1.807, 2.05) is 0 Å². The van der Waals surface area contributed by atoms with Crippen LogP contribution in [0.25, 0.3) is 0 Å². The maximum Gasteiger partial charge on any atom is 0.306 e. The summed E-state index contributed by atoms with van der Waals surface area (Å²) in [6.45, 7) is 5.27. The number of esters is 1. The third-order valence-electron chi connectivity index (χ3n) is 11.4. The molecular formula is C54H100O4. The maximum absolute atomic E-state index is 12.3. The van der Waals surface area contributed by atoms with Crippen molar-refractivity contribution in [3.8, 4) is 0 Å². The molecule has 0 fully saturated rings. The maximum atomic E-state index is 12.3. The second-order valence-corrected chi connectivity index (χ2v) is 17.2. The van der Waals surface area contributed by atoms with Crippen LogP contribution in [0.15, 0.2) is 48.6 Å². The minimum atomic E-state index is -0.536. The van der Waals surface area contributed by atoms with Gasteiger partial charge in [-0.05, 0) is 51.4 Å². The molecule has 1 atom stereocenters. The fraction of sp³-hybridized carbons (Fsp3) is 0.833. The highest BCUT2D eigenvalue weighted by Gasteiger charge is 2.13. The summed E-state index contributed by atoms with van der Waals surface area (Å²) in [7, 11) is 0. The lowest BCUT2D eigenvalue weighted by Crippen LogP contribution is -2.27. The molecule has 0 aromatic heterocycles. The molecule has 0 aromatic rings. The predicted molar refractivity (Wildman–Crippen MR) is 256 cm³/mol. The third-order valence-corrected chi connectivity index (χ3v) is 11.4. The lowest BCUT2D eigenvalue weighted by atomic mass is 10.0. The fourth-order valence-electron chi connectivity index (χ4n) is 7.62. The molecule has 0 aromatic carbocycles. The van der Waals surface area contributed by atoms with Crippen LogP contribution in [-0.2, 0) is 14.3 Å². The van der Waals surface area contributed by atoms with E-state index in [4.69, 9.17) is 9.47 Å². The van der Waals surface area contributed by atoms with Crippen LogP contribution in [0.4, 0.5) is 0 Å². The summed E-state index contributed by atoms with van der Waals surface area (Å²) in [4.78, 5) is 12.3. The highest BCUT2D eigenvalue weighted by Crippen LogP contribution is 2.16. The number of hydrogen-bond donors (Lipinski definition) is 1. The largest absolute Gasteiger partial charge is 0.457 e. The van der Waals surface area contributed by atoms with E-state index >= 15 is 0 Å². The van der Waals surface area contributed by atoms with Crippen molar-refractivity contribution in [3.05, 3.63) is 48.6 Å². The minimum Gasteiger partial charge on any atom is -0.457 e. The number of carbonyl (C=O) groups is 1. The van der Waals surface area contributed by atoms with E-state index in [1.54, 1.807) is 0 Å². The Kier molecular flexibility index (Phi) is 50.0. The molecule has 1 N–H and O–H groups in total. The molecule has 58 heavy (non-hydrogen) atoms. The molecule has 340 valence electrons. The normalized spacial score (nSPS) is 12.7. The number of carbonyl (C=O) groups excluding carboxylic acids is 1. The molecule has 0 saturated heterocycles. The van der Waals surface area contributed by atoms with Crippen molar-refractivity contribution in [1.29, 1.82) is 0 Å². The average molecular weight is 813 g/mol. The number of ether oxygens (including phenoxy) is 2. The molecule has 0 radical (unpaired) electrons. The van der Waals surface area contributed by atoms with E-state index in [0.29, 0.717) is 19.6 Å². The predicted octanol–water partition coefficient (Wildman–Crippen LogP) is 17.4. The smallest absolute Gasteiger partial charge is 0.306 e. The van der Waals surface area contributed by atoms with Crippen molar-refractivity contribution in [2.24, 2.45) is 0 Å². The second-order valence-electron chi connectivity index (χ2n) is 17.2. The van der Waals surface area contributed by atoms with Gasteiger partial charge >= 0.3 is 5.97 Å². The monoisotopic (exact) mass is 813 g/mol. The van der Waals surface area contributed by atoms with Gasteiger partial charge in [-0.3, -0.25) is 4.79 Å². The summed E-state index contributed by atoms with van der Waals surface area (Å²) in [6.07, 6.45) is 67.8. The third kappa shape index (κ3) is 48.7. The molecule has 0 aliphatic rings. The van der Waals surface area contributed by atoms with Crippen molar-refractivity contribution in [2.45, 2.75) is 270 Å². The van der Waals surface area contributed by atoms with Gasteiger partial charge in [0.2, 0.25) is 0 Å². The van der Waals surface area contributed by atoms with E-state index in [0.717, 1.165) is 44.9 Å². The van der Waals surface area contributed by atoms with Crippen LogP contribution >= 0.6 is 0 Å². The summed E-state index contributed by atoms with van der Waals surface area (Å²) < 4.78 is 11.2. The van der Waals surface area contributed by atoms with Crippen LogP contribution in [0.1, 0.15) is 264 Å². The Hall–Kier alpha value is -1.65. The standard InChI is InChI=1S/C54H100O4/c1-3-5-7-9-11-13-15-17-19-21-23-25-27-29-31-33-35-37-39-41-43-45-47-49-54(56)58-53(51-55)52-57-50-48-46-44-42-40-38-36-34-32-30-28-26-24-22-20-18-16-14-12-10-8-6-4-2/h5,7,11,13,17,19,23,25,53,55H,3-4,6,8-10,12,14-16,18,20-22,24,26-52H2,1-2H3/b7-5-,13-11-,19-17-,25-23-. The van der Waals surface area contributed by atoms with Crippen molar-refractivity contribution in [2.75, 3.05) is 19.8 Å². The zero-order valence-corrected chi connectivity index (χ0v) is 39.1. The molecule has 4 nitrogen and oxygen atoms in total. The van der Waals surface area contributed by atoms with Gasteiger partial charge in [-0.25, -0.2) is 0 Å². The van der Waals surface area contributed by atoms with Crippen molar-refractivity contribution in [1.82, 2.24) is 0 Å². The SMILES string of the molecule is CC/C=C\C/C=C\C/C=C\C/C=C\CCCCCCCCCCCCC(=O)OC(CO)COCCCCCCCCCCCCCCCCCCCCCCCCC. The first-order chi connectivity index (χ1) is 28.7. The molecule has 0 bridgehead atoms. The Labute approximate surface area is 363 Å². The van der Waals surface area contributed by atoms with E-state index in [-0.39, 0.29) is 12.6 Å². The Morgan fingerprint density at radius 2 is 0.776 bits per heavy atom. The van der Waals surface area contributed by atoms with Gasteiger partial charge in [0.15, 0.2) is 0 Å². The highest BCUT2D eigenvalue weighted by atomic mass is 16.6. The van der Waals surface area contributed by atoms with Gasteiger partial charge in [-0.15, -0.1) is 0 Å². The van der Waals surface area contributed by atoms with Gasteiger partial charge in [0.1, 0.15) is 6.10 Å². The van der Waals surface area contributed by atoms with E-state index < -0.39 is 6.10 Å². The zero-order chi connectivity index (χ0) is 41.9. The quantitative estimate of drug-likeness (QED) is 0.0378. The molecule has 0 aliphatic carbocycles. The van der Waals surface area contributed by atoms with Gasteiger partial charge in [0, 0.05) is 13.0 Å². The number of allylic oxidation sites excluding steroid dienone is 8. The lowest BCUT2D eigenvalue weighted by Gasteiger charge is -2.16. The molecule has 4 heteroatoms. The van der Waals surface area contributed by atoms with Crippen LogP contribution in [-0.4, -0.2) is 37.0 Å². The summed E-state index contributed by atoms with van der Waals surface area (Å²) in [5.41, 5.74) is 0. The fourth-order valence-corrected chi connectivity index (χ4v) is 7.62. The van der Waals surface area contributed by atoms with E-state index in [9.17, 15) is 9.90 Å². The van der Waals surface area contributed by atoms with Crippen LogP contribution in [0.3, 0.4) is 0 Å². The van der Waals surface area contributed by atoms with Gasteiger partial charge < -0.3 is 14.6 Å². The highest BCUT2D eigenvalue weighted by molar-refractivity contribution is 5.69. The summed E-state index contributed by atoms with van der Waals surface area (Å²) in [5, 5.41) is 9.65. The number of aliphatic hydroxyl groups is 1. The van der Waals surface area contributed by atoms with Crippen molar-refractivity contribution >= 4 is 5.97 Å². The minimum absolute atomic E-state index is 0.171. The number of rotatable bonds is 48. The first kappa shape index (κ1) is 56.4.